The first-order chi connectivity index (χ1) is 8.61. The molecule has 0 atom stereocenters. The number of benzene rings is 2. The molecule has 0 amide bonds. The first kappa shape index (κ1) is 12.3. The Balaban J connectivity index is 2.35. The second-order valence-electron chi connectivity index (χ2n) is 3.97. The van der Waals surface area contributed by atoms with Gasteiger partial charge in [0.2, 0.25) is 0 Å². The van der Waals surface area contributed by atoms with E-state index in [-0.39, 0.29) is 0 Å². The van der Waals surface area contributed by atoms with Gasteiger partial charge in [-0.15, -0.1) is 0 Å². The van der Waals surface area contributed by atoms with Gasteiger partial charge in [0.1, 0.15) is 0 Å². The maximum atomic E-state index is 8.77. The van der Waals surface area contributed by atoms with Crippen molar-refractivity contribution in [2.24, 2.45) is 0 Å². The number of nitriles is 1. The highest BCUT2D eigenvalue weighted by Crippen LogP contribution is 2.30. The van der Waals surface area contributed by atoms with Crippen LogP contribution in [0.5, 0.6) is 0 Å². The van der Waals surface area contributed by atoms with E-state index in [1.807, 2.05) is 31.2 Å². The highest BCUT2D eigenvalue weighted by Gasteiger charge is 2.05. The lowest BCUT2D eigenvalue weighted by atomic mass is 10.1. The highest BCUT2D eigenvalue weighted by molar-refractivity contribution is 6.33. The van der Waals surface area contributed by atoms with E-state index in [0.29, 0.717) is 16.3 Å². The van der Waals surface area contributed by atoms with Gasteiger partial charge in [0.15, 0.2) is 0 Å². The zero-order valence-corrected chi connectivity index (χ0v) is 10.6. The van der Waals surface area contributed by atoms with Crippen molar-refractivity contribution >= 4 is 28.7 Å². The van der Waals surface area contributed by atoms with Crippen molar-refractivity contribution in [2.45, 2.75) is 6.92 Å². The summed E-state index contributed by atoms with van der Waals surface area (Å²) in [6.07, 6.45) is 0. The molecule has 2 aromatic carbocycles. The normalized spacial score (nSPS) is 9.83. The van der Waals surface area contributed by atoms with Crippen LogP contribution < -0.4 is 11.1 Å². The molecule has 0 radical (unpaired) electrons. The van der Waals surface area contributed by atoms with Crippen LogP contribution in [0, 0.1) is 18.3 Å². The molecule has 0 heterocycles. The van der Waals surface area contributed by atoms with Crippen molar-refractivity contribution in [3.05, 3.63) is 52.5 Å². The monoisotopic (exact) mass is 257 g/mol. The summed E-state index contributed by atoms with van der Waals surface area (Å²) in [4.78, 5) is 0. The molecule has 0 aromatic heterocycles. The van der Waals surface area contributed by atoms with Gasteiger partial charge in [-0.1, -0.05) is 23.7 Å². The molecule has 0 aliphatic rings. The Morgan fingerprint density at radius 2 is 2.00 bits per heavy atom. The molecule has 2 rings (SSSR count). The zero-order chi connectivity index (χ0) is 13.1. The number of nitrogens with one attached hydrogen (secondary N) is 1. The van der Waals surface area contributed by atoms with E-state index >= 15 is 0 Å². The minimum Gasteiger partial charge on any atom is -0.397 e. The van der Waals surface area contributed by atoms with Crippen LogP contribution >= 0.6 is 11.6 Å². The van der Waals surface area contributed by atoms with Crippen LogP contribution in [0.25, 0.3) is 0 Å². The van der Waals surface area contributed by atoms with Gasteiger partial charge >= 0.3 is 0 Å². The van der Waals surface area contributed by atoms with Crippen molar-refractivity contribution in [2.75, 3.05) is 11.1 Å². The van der Waals surface area contributed by atoms with Crippen LogP contribution in [0.4, 0.5) is 17.1 Å². The van der Waals surface area contributed by atoms with E-state index in [1.54, 1.807) is 18.2 Å². The topological polar surface area (TPSA) is 61.8 Å². The number of hydrogen-bond acceptors (Lipinski definition) is 3. The summed E-state index contributed by atoms with van der Waals surface area (Å²) >= 11 is 6.10. The van der Waals surface area contributed by atoms with Gasteiger partial charge in [-0.25, -0.2) is 0 Å². The minimum absolute atomic E-state index is 0.495. The molecule has 90 valence electrons. The molecule has 0 saturated carbocycles. The van der Waals surface area contributed by atoms with Gasteiger partial charge < -0.3 is 11.1 Å². The van der Waals surface area contributed by atoms with E-state index in [9.17, 15) is 0 Å². The Morgan fingerprint density at radius 1 is 1.22 bits per heavy atom. The Bertz CT molecular complexity index is 629. The fourth-order valence-corrected chi connectivity index (χ4v) is 1.85. The third kappa shape index (κ3) is 2.39. The van der Waals surface area contributed by atoms with E-state index in [4.69, 9.17) is 22.6 Å². The van der Waals surface area contributed by atoms with Crippen molar-refractivity contribution in [3.8, 4) is 6.07 Å². The molecule has 0 aliphatic heterocycles. The Labute approximate surface area is 111 Å². The number of halogens is 1. The molecule has 0 fully saturated rings. The molecule has 0 saturated heterocycles. The SMILES string of the molecule is Cc1cccc(Nc2ccc(C#N)cc2Cl)c1N. The number of nitrogen functional groups attached to an aromatic ring is 1. The van der Waals surface area contributed by atoms with Crippen LogP contribution in [0.3, 0.4) is 0 Å². The number of hydrogen-bond donors (Lipinski definition) is 2. The zero-order valence-electron chi connectivity index (χ0n) is 9.87. The predicted molar refractivity (Wildman–Crippen MR) is 75.0 cm³/mol. The first-order valence-electron chi connectivity index (χ1n) is 5.43. The Hall–Kier alpha value is -2.18. The van der Waals surface area contributed by atoms with Gasteiger partial charge in [0, 0.05) is 0 Å². The smallest absolute Gasteiger partial charge is 0.0992 e. The molecule has 4 heteroatoms. The quantitative estimate of drug-likeness (QED) is 0.804. The predicted octanol–water partition coefficient (Wildman–Crippen LogP) is 3.85. The van der Waals surface area contributed by atoms with Gasteiger partial charge in [-0.05, 0) is 36.8 Å². The van der Waals surface area contributed by atoms with Gasteiger partial charge in [-0.2, -0.15) is 5.26 Å². The number of rotatable bonds is 2. The van der Waals surface area contributed by atoms with Crippen molar-refractivity contribution in [1.29, 1.82) is 5.26 Å². The fourth-order valence-electron chi connectivity index (χ4n) is 1.62. The summed E-state index contributed by atoms with van der Waals surface area (Å²) in [6.45, 7) is 1.95. The number of aryl methyl sites for hydroxylation is 1. The maximum absolute atomic E-state index is 8.77. The molecule has 3 N–H and O–H groups in total. The highest BCUT2D eigenvalue weighted by atomic mass is 35.5. The van der Waals surface area contributed by atoms with Crippen molar-refractivity contribution in [3.63, 3.8) is 0 Å². The first-order valence-corrected chi connectivity index (χ1v) is 5.81. The average Bonchev–Trinajstić information content (AvgIpc) is 2.37. The Morgan fingerprint density at radius 3 is 2.67 bits per heavy atom. The third-order valence-corrected chi connectivity index (χ3v) is 3.00. The molecule has 2 aromatic rings. The van der Waals surface area contributed by atoms with E-state index in [1.165, 1.54) is 0 Å². The molecular formula is C14H12ClN3. The molecule has 3 nitrogen and oxygen atoms in total. The molecule has 0 aliphatic carbocycles. The lowest BCUT2D eigenvalue weighted by molar-refractivity contribution is 1.44. The van der Waals surface area contributed by atoms with Gasteiger partial charge in [0.05, 0.1) is 33.7 Å². The second-order valence-corrected chi connectivity index (χ2v) is 4.37. The van der Waals surface area contributed by atoms with Crippen LogP contribution in [-0.2, 0) is 0 Å². The summed E-state index contributed by atoms with van der Waals surface area (Å²) in [5.74, 6) is 0. The van der Waals surface area contributed by atoms with Gasteiger partial charge in [0.25, 0.3) is 0 Å². The molecular weight excluding hydrogens is 246 g/mol. The average molecular weight is 258 g/mol. The van der Waals surface area contributed by atoms with Crippen LogP contribution in [0.1, 0.15) is 11.1 Å². The van der Waals surface area contributed by atoms with E-state index in [2.05, 4.69) is 5.32 Å². The summed E-state index contributed by atoms with van der Waals surface area (Å²) < 4.78 is 0. The molecule has 0 bridgehead atoms. The Kier molecular flexibility index (Phi) is 3.40. The summed E-state index contributed by atoms with van der Waals surface area (Å²) in [5, 5.41) is 12.4. The van der Waals surface area contributed by atoms with Crippen LogP contribution in [0.2, 0.25) is 5.02 Å². The fraction of sp³-hybridized carbons (Fsp3) is 0.0714. The number of anilines is 3. The number of nitrogens with zero attached hydrogens (tertiary/aromatic N) is 1. The van der Waals surface area contributed by atoms with Gasteiger partial charge in [-0.3, -0.25) is 0 Å². The molecule has 18 heavy (non-hydrogen) atoms. The maximum Gasteiger partial charge on any atom is 0.0992 e. The van der Waals surface area contributed by atoms with Crippen molar-refractivity contribution < 1.29 is 0 Å². The second kappa shape index (κ2) is 4.99. The summed E-state index contributed by atoms with van der Waals surface area (Å²) in [5.41, 5.74) is 9.74. The van der Waals surface area contributed by atoms with E-state index < -0.39 is 0 Å². The molecule has 0 unspecified atom stereocenters. The van der Waals surface area contributed by atoms with Crippen LogP contribution in [0.15, 0.2) is 36.4 Å². The minimum atomic E-state index is 0.495. The summed E-state index contributed by atoms with van der Waals surface area (Å²) in [7, 11) is 0. The summed E-state index contributed by atoms with van der Waals surface area (Å²) in [6, 6.07) is 12.9. The largest absolute Gasteiger partial charge is 0.397 e. The number of nitrogens with two attached hydrogens (primary N) is 1. The standard InChI is InChI=1S/C14H12ClN3/c1-9-3-2-4-13(14(9)17)18-12-6-5-10(8-16)7-11(12)15/h2-7,18H,17H2,1H3. The van der Waals surface area contributed by atoms with E-state index in [0.717, 1.165) is 16.9 Å². The molecule has 0 spiro atoms. The number of para-hydroxylation sites is 1. The van der Waals surface area contributed by atoms with Crippen molar-refractivity contribution in [1.82, 2.24) is 0 Å². The third-order valence-electron chi connectivity index (χ3n) is 2.69. The lowest BCUT2D eigenvalue weighted by Crippen LogP contribution is -1.98. The lowest BCUT2D eigenvalue weighted by Gasteiger charge is -2.12. The van der Waals surface area contributed by atoms with Crippen LogP contribution in [-0.4, -0.2) is 0 Å².